The van der Waals surface area contributed by atoms with Crippen molar-refractivity contribution in [2.45, 2.75) is 65.2 Å². The quantitative estimate of drug-likeness (QED) is 0.645. The van der Waals surface area contributed by atoms with Gasteiger partial charge in [0, 0.05) is 16.5 Å². The average Bonchev–Trinajstić information content (AvgIpc) is 2.88. The van der Waals surface area contributed by atoms with Crippen molar-refractivity contribution >= 4 is 0 Å². The molecule has 25 heavy (non-hydrogen) atoms. The summed E-state index contributed by atoms with van der Waals surface area (Å²) in [7, 11) is 3.63. The highest BCUT2D eigenvalue weighted by atomic mass is 16.5. The second-order valence-electron chi connectivity index (χ2n) is 9.02. The highest BCUT2D eigenvalue weighted by molar-refractivity contribution is 5.61. The summed E-state index contributed by atoms with van der Waals surface area (Å²) in [6, 6.07) is 4.23. The van der Waals surface area contributed by atoms with Crippen molar-refractivity contribution in [3.05, 3.63) is 34.9 Å². The number of hydrogen-bond acceptors (Lipinski definition) is 2. The van der Waals surface area contributed by atoms with E-state index >= 15 is 0 Å². The maximum absolute atomic E-state index is 5.93. The predicted octanol–water partition coefficient (Wildman–Crippen LogP) is 5.68. The Hall–Kier alpha value is -1.44. The van der Waals surface area contributed by atoms with Gasteiger partial charge in [0.05, 0.1) is 14.2 Å². The van der Waals surface area contributed by atoms with Crippen molar-refractivity contribution in [1.29, 1.82) is 0 Å². The van der Waals surface area contributed by atoms with Crippen molar-refractivity contribution < 1.29 is 9.47 Å². The van der Waals surface area contributed by atoms with Gasteiger partial charge in [-0.05, 0) is 67.9 Å². The molecule has 0 heterocycles. The lowest BCUT2D eigenvalue weighted by molar-refractivity contribution is -0.0624. The smallest absolute Gasteiger partial charge is 0.123 e. The minimum absolute atomic E-state index is 0.145. The summed E-state index contributed by atoms with van der Waals surface area (Å²) in [4.78, 5) is 0. The molecule has 2 heteroatoms. The number of rotatable bonds is 2. The summed E-state index contributed by atoms with van der Waals surface area (Å²) in [6.07, 6.45) is 8.56. The molecular weight excluding hydrogens is 308 g/mol. The van der Waals surface area contributed by atoms with Crippen LogP contribution in [0.15, 0.2) is 23.8 Å². The van der Waals surface area contributed by atoms with Crippen molar-refractivity contribution in [1.82, 2.24) is 0 Å². The fraction of sp³-hybridized carbons (Fsp3) is 0.652. The standard InChI is InChI=1S/C23H32O2/c1-15-8-7-12-23-20-17(18(24-5)9-10-19(20)25-6)14-22(23,4)16(2)11-13-21(15,23)3/h8-10,16H,7,11-14H2,1-6H3. The minimum atomic E-state index is 0.145. The molecule has 1 spiro atoms. The second-order valence-corrected chi connectivity index (χ2v) is 9.02. The van der Waals surface area contributed by atoms with Crippen LogP contribution in [0.3, 0.4) is 0 Å². The van der Waals surface area contributed by atoms with Gasteiger partial charge in [-0.1, -0.05) is 32.4 Å². The first-order chi connectivity index (χ1) is 11.9. The number of benzene rings is 1. The molecule has 1 fully saturated rings. The van der Waals surface area contributed by atoms with E-state index in [9.17, 15) is 0 Å². The van der Waals surface area contributed by atoms with Crippen LogP contribution in [0.1, 0.15) is 64.5 Å². The third-order valence-electron chi connectivity index (χ3n) is 8.56. The van der Waals surface area contributed by atoms with E-state index in [0.717, 1.165) is 17.9 Å². The van der Waals surface area contributed by atoms with Crippen molar-refractivity contribution in [3.8, 4) is 11.5 Å². The maximum Gasteiger partial charge on any atom is 0.123 e. The summed E-state index contributed by atoms with van der Waals surface area (Å²) in [5.74, 6) is 2.81. The molecule has 0 saturated heterocycles. The molecule has 1 aromatic carbocycles. The molecule has 3 aliphatic rings. The Labute approximate surface area is 152 Å². The minimum Gasteiger partial charge on any atom is -0.496 e. The van der Waals surface area contributed by atoms with Gasteiger partial charge in [-0.25, -0.2) is 0 Å². The zero-order valence-corrected chi connectivity index (χ0v) is 16.7. The molecule has 0 bridgehead atoms. The van der Waals surface area contributed by atoms with E-state index in [1.165, 1.54) is 36.8 Å². The Balaban J connectivity index is 2.10. The van der Waals surface area contributed by atoms with E-state index in [4.69, 9.17) is 9.47 Å². The monoisotopic (exact) mass is 340 g/mol. The lowest BCUT2D eigenvalue weighted by Crippen LogP contribution is -2.60. The van der Waals surface area contributed by atoms with Crippen LogP contribution in [0.25, 0.3) is 0 Å². The SMILES string of the molecule is COc1ccc(OC)c2c1CC1(C)C(C)CCC3(C)C(C)=CCCC231. The zero-order chi connectivity index (χ0) is 18.0. The third-order valence-corrected chi connectivity index (χ3v) is 8.56. The maximum atomic E-state index is 5.93. The molecule has 4 unspecified atom stereocenters. The van der Waals surface area contributed by atoms with Crippen LogP contribution in [0.4, 0.5) is 0 Å². The highest BCUT2D eigenvalue weighted by Gasteiger charge is 2.69. The van der Waals surface area contributed by atoms with E-state index in [0.29, 0.717) is 5.92 Å². The van der Waals surface area contributed by atoms with Crippen molar-refractivity contribution in [3.63, 3.8) is 0 Å². The largest absolute Gasteiger partial charge is 0.496 e. The second kappa shape index (κ2) is 5.28. The molecule has 136 valence electrons. The van der Waals surface area contributed by atoms with Crippen LogP contribution in [0, 0.1) is 16.7 Å². The molecular formula is C23H32O2. The number of fused-ring (bicyclic) bond motifs is 1. The summed E-state index contributed by atoms with van der Waals surface area (Å²) < 4.78 is 11.7. The first kappa shape index (κ1) is 17.0. The van der Waals surface area contributed by atoms with Crippen LogP contribution < -0.4 is 9.47 Å². The number of methoxy groups -OCH3 is 2. The molecule has 0 N–H and O–H groups in total. The first-order valence-corrected chi connectivity index (χ1v) is 9.77. The highest BCUT2D eigenvalue weighted by Crippen LogP contribution is 2.74. The fourth-order valence-corrected chi connectivity index (χ4v) is 6.90. The summed E-state index contributed by atoms with van der Waals surface area (Å²) in [5, 5.41) is 0. The molecule has 1 aromatic rings. The van der Waals surface area contributed by atoms with E-state index < -0.39 is 0 Å². The van der Waals surface area contributed by atoms with Gasteiger partial charge < -0.3 is 9.47 Å². The zero-order valence-electron chi connectivity index (χ0n) is 16.7. The number of ether oxygens (including phenoxy) is 2. The van der Waals surface area contributed by atoms with Gasteiger partial charge in [-0.2, -0.15) is 0 Å². The van der Waals surface area contributed by atoms with Gasteiger partial charge in [-0.3, -0.25) is 0 Å². The van der Waals surface area contributed by atoms with Gasteiger partial charge in [-0.15, -0.1) is 0 Å². The Morgan fingerprint density at radius 2 is 1.72 bits per heavy atom. The normalized spacial score (nSPS) is 39.1. The van der Waals surface area contributed by atoms with Crippen LogP contribution >= 0.6 is 0 Å². The lowest BCUT2D eigenvalue weighted by atomic mass is 9.39. The predicted molar refractivity (Wildman–Crippen MR) is 103 cm³/mol. The third kappa shape index (κ3) is 1.76. The van der Waals surface area contributed by atoms with E-state index in [1.807, 2.05) is 7.11 Å². The summed E-state index contributed by atoms with van der Waals surface area (Å²) >= 11 is 0. The van der Waals surface area contributed by atoms with Gasteiger partial charge in [0.2, 0.25) is 0 Å². The Morgan fingerprint density at radius 1 is 1.04 bits per heavy atom. The van der Waals surface area contributed by atoms with E-state index in [2.05, 4.69) is 45.9 Å². The Kier molecular flexibility index (Phi) is 3.59. The average molecular weight is 341 g/mol. The molecule has 1 saturated carbocycles. The first-order valence-electron chi connectivity index (χ1n) is 9.77. The fourth-order valence-electron chi connectivity index (χ4n) is 6.90. The Bertz CT molecular complexity index is 749. The number of hydrogen-bond donors (Lipinski definition) is 0. The molecule has 2 nitrogen and oxygen atoms in total. The summed E-state index contributed by atoms with van der Waals surface area (Å²) in [5.41, 5.74) is 5.04. The molecule has 4 rings (SSSR count). The van der Waals surface area contributed by atoms with Crippen LogP contribution in [0.2, 0.25) is 0 Å². The molecule has 3 aliphatic carbocycles. The summed E-state index contributed by atoms with van der Waals surface area (Å²) in [6.45, 7) is 9.91. The Morgan fingerprint density at radius 3 is 2.40 bits per heavy atom. The van der Waals surface area contributed by atoms with Crippen LogP contribution in [-0.2, 0) is 11.8 Å². The van der Waals surface area contributed by atoms with Gasteiger partial charge in [0.1, 0.15) is 11.5 Å². The van der Waals surface area contributed by atoms with E-state index in [-0.39, 0.29) is 16.2 Å². The van der Waals surface area contributed by atoms with Gasteiger partial charge >= 0.3 is 0 Å². The molecule has 4 atom stereocenters. The van der Waals surface area contributed by atoms with Gasteiger partial charge in [0.25, 0.3) is 0 Å². The molecule has 0 radical (unpaired) electrons. The van der Waals surface area contributed by atoms with Crippen molar-refractivity contribution in [2.24, 2.45) is 16.7 Å². The lowest BCUT2D eigenvalue weighted by Gasteiger charge is -2.64. The van der Waals surface area contributed by atoms with Crippen molar-refractivity contribution in [2.75, 3.05) is 14.2 Å². The number of allylic oxidation sites excluding steroid dienone is 2. The van der Waals surface area contributed by atoms with Crippen LogP contribution in [-0.4, -0.2) is 14.2 Å². The van der Waals surface area contributed by atoms with Gasteiger partial charge in [0.15, 0.2) is 0 Å². The molecule has 0 aliphatic heterocycles. The van der Waals surface area contributed by atoms with Crippen LogP contribution in [0.5, 0.6) is 11.5 Å². The topological polar surface area (TPSA) is 18.5 Å². The molecule has 0 aromatic heterocycles. The molecule has 0 amide bonds. The van der Waals surface area contributed by atoms with E-state index in [1.54, 1.807) is 12.7 Å².